The molecule has 0 bridgehead atoms. The van der Waals surface area contributed by atoms with E-state index in [4.69, 9.17) is 4.74 Å². The molecule has 3 rings (SSSR count). The number of rotatable bonds is 9. The van der Waals surface area contributed by atoms with Crippen LogP contribution in [0.2, 0.25) is 0 Å². The Morgan fingerprint density at radius 1 is 0.655 bits per heavy atom. The summed E-state index contributed by atoms with van der Waals surface area (Å²) in [6.45, 7) is 4.52. The van der Waals surface area contributed by atoms with Gasteiger partial charge in [0.25, 0.3) is 0 Å². The van der Waals surface area contributed by atoms with Crippen LogP contribution in [0, 0.1) is 29.6 Å². The van der Waals surface area contributed by atoms with Crippen molar-refractivity contribution in [3.63, 3.8) is 0 Å². The second-order valence-electron chi connectivity index (χ2n) is 10.7. The Bertz CT molecular complexity index is 449. The van der Waals surface area contributed by atoms with Crippen molar-refractivity contribution < 1.29 is 9.53 Å². The maximum absolute atomic E-state index is 12.0. The maximum atomic E-state index is 12.0. The summed E-state index contributed by atoms with van der Waals surface area (Å²) in [5.41, 5.74) is 0. The summed E-state index contributed by atoms with van der Waals surface area (Å²) in [4.78, 5) is 12.0. The fraction of sp³-hybridized carbons (Fsp3) is 0.963. The molecular weight excluding hydrogens is 356 g/mol. The van der Waals surface area contributed by atoms with Gasteiger partial charge in [0.15, 0.2) is 0 Å². The SMILES string of the molecule is CCCCCC(=O)OC1CCC(C2CCC(C3CCC(CCC)CC3)CC2)CC1. The average molecular weight is 405 g/mol. The molecule has 0 aliphatic heterocycles. The molecule has 0 aromatic carbocycles. The minimum Gasteiger partial charge on any atom is -0.462 e. The lowest BCUT2D eigenvalue weighted by Gasteiger charge is -2.41. The highest BCUT2D eigenvalue weighted by molar-refractivity contribution is 5.69. The average Bonchev–Trinajstić information content (AvgIpc) is 2.75. The smallest absolute Gasteiger partial charge is 0.306 e. The number of hydrogen-bond acceptors (Lipinski definition) is 2. The number of unbranched alkanes of at least 4 members (excludes halogenated alkanes) is 2. The van der Waals surface area contributed by atoms with Gasteiger partial charge in [-0.3, -0.25) is 4.79 Å². The third-order valence-electron chi connectivity index (χ3n) is 8.74. The molecule has 0 atom stereocenters. The predicted octanol–water partition coefficient (Wildman–Crippen LogP) is 8.08. The fourth-order valence-electron chi connectivity index (χ4n) is 6.89. The van der Waals surface area contributed by atoms with Crippen LogP contribution in [0.4, 0.5) is 0 Å². The van der Waals surface area contributed by atoms with Crippen molar-refractivity contribution in [3.8, 4) is 0 Å². The van der Waals surface area contributed by atoms with Crippen LogP contribution in [-0.2, 0) is 9.53 Å². The summed E-state index contributed by atoms with van der Waals surface area (Å²) in [6.07, 6.45) is 23.8. The number of hydrogen-bond donors (Lipinski definition) is 0. The van der Waals surface area contributed by atoms with E-state index >= 15 is 0 Å². The van der Waals surface area contributed by atoms with E-state index in [0.717, 1.165) is 55.3 Å². The highest BCUT2D eigenvalue weighted by Crippen LogP contribution is 2.45. The van der Waals surface area contributed by atoms with Crippen LogP contribution >= 0.6 is 0 Å². The van der Waals surface area contributed by atoms with Crippen molar-refractivity contribution in [1.82, 2.24) is 0 Å². The van der Waals surface area contributed by atoms with E-state index in [-0.39, 0.29) is 12.1 Å². The Morgan fingerprint density at radius 3 is 1.62 bits per heavy atom. The van der Waals surface area contributed by atoms with E-state index in [1.165, 1.54) is 83.5 Å². The zero-order valence-corrected chi connectivity index (χ0v) is 19.5. The molecule has 29 heavy (non-hydrogen) atoms. The Balaban J connectivity index is 1.30. The van der Waals surface area contributed by atoms with E-state index in [1.807, 2.05) is 0 Å². The van der Waals surface area contributed by atoms with Gasteiger partial charge >= 0.3 is 5.97 Å². The largest absolute Gasteiger partial charge is 0.462 e. The molecule has 0 amide bonds. The lowest BCUT2D eigenvalue weighted by atomic mass is 9.65. The quantitative estimate of drug-likeness (QED) is 0.287. The van der Waals surface area contributed by atoms with Gasteiger partial charge in [-0.05, 0) is 100 Å². The highest BCUT2D eigenvalue weighted by atomic mass is 16.5. The summed E-state index contributed by atoms with van der Waals surface area (Å²) in [7, 11) is 0. The second kappa shape index (κ2) is 12.4. The number of carbonyl (C=O) groups excluding carboxylic acids is 1. The zero-order chi connectivity index (χ0) is 20.5. The van der Waals surface area contributed by atoms with E-state index < -0.39 is 0 Å². The number of carbonyl (C=O) groups is 1. The van der Waals surface area contributed by atoms with Crippen molar-refractivity contribution in [1.29, 1.82) is 0 Å². The molecule has 0 saturated heterocycles. The fourth-order valence-corrected chi connectivity index (χ4v) is 6.89. The van der Waals surface area contributed by atoms with Crippen molar-refractivity contribution in [2.24, 2.45) is 29.6 Å². The first-order valence-electron chi connectivity index (χ1n) is 13.4. The third kappa shape index (κ3) is 7.28. The molecule has 3 aliphatic rings. The first-order valence-corrected chi connectivity index (χ1v) is 13.4. The Morgan fingerprint density at radius 2 is 1.14 bits per heavy atom. The van der Waals surface area contributed by atoms with Gasteiger partial charge in [-0.15, -0.1) is 0 Å². The topological polar surface area (TPSA) is 26.3 Å². The predicted molar refractivity (Wildman–Crippen MR) is 122 cm³/mol. The molecule has 0 unspecified atom stereocenters. The van der Waals surface area contributed by atoms with Gasteiger partial charge in [-0.2, -0.15) is 0 Å². The van der Waals surface area contributed by atoms with Crippen LogP contribution in [0.25, 0.3) is 0 Å². The lowest BCUT2D eigenvalue weighted by Crippen LogP contribution is -2.31. The molecule has 0 heterocycles. The normalized spacial score (nSPS) is 35.9. The van der Waals surface area contributed by atoms with Gasteiger partial charge < -0.3 is 4.74 Å². The van der Waals surface area contributed by atoms with Crippen molar-refractivity contribution in [2.75, 3.05) is 0 Å². The summed E-state index contributed by atoms with van der Waals surface area (Å²) in [6, 6.07) is 0. The van der Waals surface area contributed by atoms with E-state index in [9.17, 15) is 4.79 Å². The first kappa shape index (κ1) is 23.1. The maximum Gasteiger partial charge on any atom is 0.306 e. The van der Waals surface area contributed by atoms with Crippen LogP contribution in [0.15, 0.2) is 0 Å². The Hall–Kier alpha value is -0.530. The van der Waals surface area contributed by atoms with Gasteiger partial charge in [-0.1, -0.05) is 52.4 Å². The minimum atomic E-state index is 0.0519. The molecule has 0 radical (unpaired) electrons. The Kier molecular flexibility index (Phi) is 9.86. The molecule has 0 aromatic rings. The molecule has 2 heteroatoms. The van der Waals surface area contributed by atoms with Gasteiger partial charge in [0.2, 0.25) is 0 Å². The number of ether oxygens (including phenoxy) is 1. The molecule has 0 aromatic heterocycles. The van der Waals surface area contributed by atoms with Crippen LogP contribution in [0.5, 0.6) is 0 Å². The van der Waals surface area contributed by atoms with Crippen LogP contribution in [-0.4, -0.2) is 12.1 Å². The van der Waals surface area contributed by atoms with Crippen molar-refractivity contribution >= 4 is 5.97 Å². The van der Waals surface area contributed by atoms with Gasteiger partial charge in [0, 0.05) is 6.42 Å². The molecule has 2 nitrogen and oxygen atoms in total. The van der Waals surface area contributed by atoms with E-state index in [1.54, 1.807) is 0 Å². The highest BCUT2D eigenvalue weighted by Gasteiger charge is 2.35. The minimum absolute atomic E-state index is 0.0519. The first-order chi connectivity index (χ1) is 14.2. The van der Waals surface area contributed by atoms with Gasteiger partial charge in [-0.25, -0.2) is 0 Å². The van der Waals surface area contributed by atoms with E-state index in [0.29, 0.717) is 6.42 Å². The lowest BCUT2D eigenvalue weighted by molar-refractivity contribution is -0.151. The molecule has 3 saturated carbocycles. The molecule has 3 fully saturated rings. The number of esters is 1. The molecule has 168 valence electrons. The third-order valence-corrected chi connectivity index (χ3v) is 8.74. The van der Waals surface area contributed by atoms with Crippen LogP contribution in [0.1, 0.15) is 129 Å². The van der Waals surface area contributed by atoms with Crippen molar-refractivity contribution in [3.05, 3.63) is 0 Å². The van der Waals surface area contributed by atoms with Crippen molar-refractivity contribution in [2.45, 2.75) is 136 Å². The molecule has 3 aliphatic carbocycles. The molecular formula is C27H48O2. The Labute approximate surface area is 180 Å². The second-order valence-corrected chi connectivity index (χ2v) is 10.7. The van der Waals surface area contributed by atoms with Crippen LogP contribution in [0.3, 0.4) is 0 Å². The summed E-state index contributed by atoms with van der Waals surface area (Å²) in [5.74, 6) is 5.05. The van der Waals surface area contributed by atoms with Gasteiger partial charge in [0.1, 0.15) is 6.10 Å². The molecule has 0 N–H and O–H groups in total. The zero-order valence-electron chi connectivity index (χ0n) is 19.5. The summed E-state index contributed by atoms with van der Waals surface area (Å²) >= 11 is 0. The van der Waals surface area contributed by atoms with E-state index in [2.05, 4.69) is 13.8 Å². The summed E-state index contributed by atoms with van der Waals surface area (Å²) in [5, 5.41) is 0. The standard InChI is InChI=1S/C27H48O2/c1-3-5-6-8-27(28)29-26-19-17-25(18-20-26)24-15-13-23(14-16-24)22-11-9-21(7-4-2)10-12-22/h21-26H,3-20H2,1-2H3. The van der Waals surface area contributed by atoms with Gasteiger partial charge in [0.05, 0.1) is 0 Å². The molecule has 0 spiro atoms. The monoisotopic (exact) mass is 404 g/mol. The summed E-state index contributed by atoms with van der Waals surface area (Å²) < 4.78 is 5.76. The van der Waals surface area contributed by atoms with Crippen LogP contribution < -0.4 is 0 Å².